The molecule has 13 nitrogen and oxygen atoms in total. The molecule has 0 bridgehead atoms. The molecule has 0 saturated heterocycles. The first kappa shape index (κ1) is 28.4. The molecular weight excluding hydrogens is 430 g/mol. The molecule has 0 aliphatic rings. The maximum atomic E-state index is 12.4. The molecular formula is C17H33N7O6S. The number of hydrogen-bond donors (Lipinski definition) is 8. The van der Waals surface area contributed by atoms with Crippen molar-refractivity contribution in [1.29, 1.82) is 0 Å². The molecule has 0 aliphatic carbocycles. The minimum absolute atomic E-state index is 0.0583. The number of nitrogens with one attached hydrogen (secondary N) is 3. The maximum absolute atomic E-state index is 12.4. The molecule has 4 unspecified atom stereocenters. The molecule has 0 saturated carbocycles. The second kappa shape index (κ2) is 15.3. The molecule has 31 heavy (non-hydrogen) atoms. The van der Waals surface area contributed by atoms with Crippen LogP contribution in [0.4, 0.5) is 0 Å². The molecule has 0 radical (unpaired) electrons. The first-order valence-electron chi connectivity index (χ1n) is 9.58. The Morgan fingerprint density at radius 3 is 2.13 bits per heavy atom. The van der Waals surface area contributed by atoms with Crippen molar-refractivity contribution in [3.05, 3.63) is 0 Å². The summed E-state index contributed by atoms with van der Waals surface area (Å²) < 4.78 is 0. The van der Waals surface area contributed by atoms with Crippen molar-refractivity contribution in [1.82, 2.24) is 16.0 Å². The molecule has 0 aromatic carbocycles. The molecule has 0 aromatic rings. The lowest BCUT2D eigenvalue weighted by Gasteiger charge is -2.23. The van der Waals surface area contributed by atoms with Crippen LogP contribution in [0.1, 0.15) is 26.2 Å². The highest BCUT2D eigenvalue weighted by atomic mass is 32.2. The standard InChI is InChI=1S/C17H33N7O6S/c1-9(22-14(27)10(18)4-3-6-21-17(19)20)13(26)23-11(5-7-31-2)15(28)24-12(8-25)16(29)30/h9-12,25H,3-8,18H2,1-2H3,(H,22,27)(H,23,26)(H,24,28)(H,29,30)(H4,19,20,21). The van der Waals surface area contributed by atoms with E-state index in [1.54, 1.807) is 0 Å². The summed E-state index contributed by atoms with van der Waals surface area (Å²) in [6, 6.07) is -4.40. The Morgan fingerprint density at radius 2 is 1.61 bits per heavy atom. The molecule has 0 spiro atoms. The number of rotatable bonds is 15. The van der Waals surface area contributed by atoms with E-state index < -0.39 is 54.5 Å². The third-order valence-corrected chi connectivity index (χ3v) is 4.74. The Hall–Kier alpha value is -2.58. The summed E-state index contributed by atoms with van der Waals surface area (Å²) in [7, 11) is 0. The summed E-state index contributed by atoms with van der Waals surface area (Å²) in [6.45, 7) is 0.950. The molecule has 0 rings (SSSR count). The van der Waals surface area contributed by atoms with Gasteiger partial charge in [-0.15, -0.1) is 0 Å². The third-order valence-electron chi connectivity index (χ3n) is 4.10. The van der Waals surface area contributed by atoms with Gasteiger partial charge < -0.3 is 43.4 Å². The first-order valence-corrected chi connectivity index (χ1v) is 11.0. The van der Waals surface area contributed by atoms with E-state index in [4.69, 9.17) is 27.4 Å². The second-order valence-corrected chi connectivity index (χ2v) is 7.70. The number of aliphatic hydroxyl groups excluding tert-OH is 1. The van der Waals surface area contributed by atoms with E-state index in [9.17, 15) is 19.2 Å². The van der Waals surface area contributed by atoms with E-state index in [0.29, 0.717) is 25.1 Å². The van der Waals surface area contributed by atoms with Gasteiger partial charge in [0.25, 0.3) is 0 Å². The number of amides is 3. The summed E-state index contributed by atoms with van der Waals surface area (Å²) in [5, 5.41) is 25.1. The molecule has 0 aliphatic heterocycles. The monoisotopic (exact) mass is 463 g/mol. The number of aliphatic imine (C=N–C) groups is 1. The second-order valence-electron chi connectivity index (χ2n) is 6.71. The highest BCUT2D eigenvalue weighted by molar-refractivity contribution is 7.98. The van der Waals surface area contributed by atoms with Gasteiger partial charge in [-0.1, -0.05) is 0 Å². The Kier molecular flexibility index (Phi) is 14.0. The zero-order chi connectivity index (χ0) is 24.0. The Bertz CT molecular complexity index is 644. The number of carbonyl (C=O) groups excluding carboxylic acids is 3. The van der Waals surface area contributed by atoms with Crippen LogP contribution in [-0.2, 0) is 19.2 Å². The number of aliphatic carboxylic acids is 1. The van der Waals surface area contributed by atoms with Crippen molar-refractivity contribution < 1.29 is 29.4 Å². The predicted octanol–water partition coefficient (Wildman–Crippen LogP) is -3.33. The van der Waals surface area contributed by atoms with E-state index in [-0.39, 0.29) is 12.4 Å². The van der Waals surface area contributed by atoms with E-state index in [2.05, 4.69) is 20.9 Å². The molecule has 0 fully saturated rings. The number of guanidine groups is 1. The highest BCUT2D eigenvalue weighted by Gasteiger charge is 2.28. The summed E-state index contributed by atoms with van der Waals surface area (Å²) in [5.74, 6) is -2.89. The quantitative estimate of drug-likeness (QED) is 0.0683. The summed E-state index contributed by atoms with van der Waals surface area (Å²) in [4.78, 5) is 51.7. The predicted molar refractivity (Wildman–Crippen MR) is 117 cm³/mol. The van der Waals surface area contributed by atoms with Crippen LogP contribution in [0.3, 0.4) is 0 Å². The number of carbonyl (C=O) groups is 4. The minimum atomic E-state index is -1.49. The van der Waals surface area contributed by atoms with Gasteiger partial charge in [-0.05, 0) is 38.2 Å². The lowest BCUT2D eigenvalue weighted by atomic mass is 10.1. The highest BCUT2D eigenvalue weighted by Crippen LogP contribution is 2.03. The van der Waals surface area contributed by atoms with Gasteiger partial charge in [0.1, 0.15) is 18.1 Å². The van der Waals surface area contributed by atoms with Crippen LogP contribution in [0, 0.1) is 0 Å². The van der Waals surface area contributed by atoms with Crippen LogP contribution >= 0.6 is 11.8 Å². The van der Waals surface area contributed by atoms with E-state index in [1.807, 2.05) is 6.26 Å². The Labute approximate surface area is 185 Å². The van der Waals surface area contributed by atoms with Crippen LogP contribution in [0.2, 0.25) is 0 Å². The number of carboxylic acid groups (broad SMARTS) is 1. The summed E-state index contributed by atoms with van der Waals surface area (Å²) >= 11 is 1.43. The lowest BCUT2D eigenvalue weighted by molar-refractivity contribution is -0.143. The summed E-state index contributed by atoms with van der Waals surface area (Å²) in [5.41, 5.74) is 16.2. The zero-order valence-electron chi connectivity index (χ0n) is 17.7. The largest absolute Gasteiger partial charge is 0.480 e. The fourth-order valence-corrected chi connectivity index (χ4v) is 2.77. The minimum Gasteiger partial charge on any atom is -0.480 e. The van der Waals surface area contributed by atoms with Crippen LogP contribution in [0.25, 0.3) is 0 Å². The molecule has 0 aromatic heterocycles. The third kappa shape index (κ3) is 12.0. The van der Waals surface area contributed by atoms with Crippen molar-refractivity contribution in [3.63, 3.8) is 0 Å². The van der Waals surface area contributed by atoms with Gasteiger partial charge in [0, 0.05) is 6.54 Å². The summed E-state index contributed by atoms with van der Waals surface area (Å²) in [6.07, 6.45) is 2.80. The topological polar surface area (TPSA) is 235 Å². The SMILES string of the molecule is CSCCC(NC(=O)C(C)NC(=O)C(N)CCCN=C(N)N)C(=O)NC(CO)C(=O)O. The van der Waals surface area contributed by atoms with Gasteiger partial charge >= 0.3 is 5.97 Å². The number of aliphatic hydroxyl groups is 1. The molecule has 178 valence electrons. The van der Waals surface area contributed by atoms with E-state index in [1.165, 1.54) is 18.7 Å². The van der Waals surface area contributed by atoms with Crippen LogP contribution in [0.15, 0.2) is 4.99 Å². The fourth-order valence-electron chi connectivity index (χ4n) is 2.30. The molecule has 4 atom stereocenters. The van der Waals surface area contributed by atoms with Crippen LogP contribution in [-0.4, -0.2) is 89.2 Å². The van der Waals surface area contributed by atoms with Crippen LogP contribution < -0.4 is 33.2 Å². The lowest BCUT2D eigenvalue weighted by Crippen LogP contribution is -2.56. The number of nitrogens with zero attached hydrogens (tertiary/aromatic N) is 1. The number of hydrogen-bond acceptors (Lipinski definition) is 8. The van der Waals surface area contributed by atoms with Crippen molar-refractivity contribution in [2.45, 2.75) is 50.4 Å². The average Bonchev–Trinajstić information content (AvgIpc) is 2.71. The van der Waals surface area contributed by atoms with Gasteiger partial charge in [-0.2, -0.15) is 11.8 Å². The van der Waals surface area contributed by atoms with Gasteiger partial charge in [0.2, 0.25) is 17.7 Å². The van der Waals surface area contributed by atoms with Gasteiger partial charge in [-0.25, -0.2) is 4.79 Å². The van der Waals surface area contributed by atoms with Gasteiger partial charge in [-0.3, -0.25) is 19.4 Å². The molecule has 14 heteroatoms. The molecule has 3 amide bonds. The number of carboxylic acids is 1. The Balaban J connectivity index is 4.82. The van der Waals surface area contributed by atoms with Crippen molar-refractivity contribution in [3.8, 4) is 0 Å². The van der Waals surface area contributed by atoms with Crippen molar-refractivity contribution >= 4 is 41.4 Å². The number of nitrogens with two attached hydrogens (primary N) is 3. The normalized spacial score (nSPS) is 14.5. The first-order chi connectivity index (χ1) is 14.5. The average molecular weight is 464 g/mol. The van der Waals surface area contributed by atoms with Crippen molar-refractivity contribution in [2.24, 2.45) is 22.2 Å². The van der Waals surface area contributed by atoms with Gasteiger partial charge in [0.15, 0.2) is 5.96 Å². The maximum Gasteiger partial charge on any atom is 0.328 e. The molecule has 0 heterocycles. The number of thioether (sulfide) groups is 1. The Morgan fingerprint density at radius 1 is 1.00 bits per heavy atom. The zero-order valence-corrected chi connectivity index (χ0v) is 18.5. The van der Waals surface area contributed by atoms with E-state index >= 15 is 0 Å². The van der Waals surface area contributed by atoms with Crippen LogP contribution in [0.5, 0.6) is 0 Å². The molecule has 11 N–H and O–H groups in total. The van der Waals surface area contributed by atoms with Crippen molar-refractivity contribution in [2.75, 3.05) is 25.2 Å². The van der Waals surface area contributed by atoms with E-state index in [0.717, 1.165) is 0 Å². The fraction of sp³-hybridized carbons (Fsp3) is 0.706. The van der Waals surface area contributed by atoms with Gasteiger partial charge in [0.05, 0.1) is 12.6 Å². The smallest absolute Gasteiger partial charge is 0.328 e.